The van der Waals surface area contributed by atoms with Gasteiger partial charge in [0, 0.05) is 38.8 Å². The smallest absolute Gasteiger partial charge is 0.270 e. The lowest BCUT2D eigenvalue weighted by Crippen LogP contribution is -2.55. The van der Waals surface area contributed by atoms with E-state index in [9.17, 15) is 9.59 Å². The Hall–Kier alpha value is -1.78. The quantitative estimate of drug-likeness (QED) is 0.779. The Labute approximate surface area is 100 Å². The fourth-order valence-electron chi connectivity index (χ4n) is 2.16. The second kappa shape index (κ2) is 4.61. The molecular formula is C12H17N3O2. The maximum Gasteiger partial charge on any atom is 0.270 e. The molecule has 1 fully saturated rings. The highest BCUT2D eigenvalue weighted by Crippen LogP contribution is 2.13. The first-order chi connectivity index (χ1) is 8.09. The number of rotatable bonds is 1. The van der Waals surface area contributed by atoms with Gasteiger partial charge < -0.3 is 14.8 Å². The summed E-state index contributed by atoms with van der Waals surface area (Å²) in [5.74, 6) is 0.0783. The Morgan fingerprint density at radius 2 is 2.18 bits per heavy atom. The molecule has 0 bridgehead atoms. The first-order valence-electron chi connectivity index (χ1n) is 5.79. The van der Waals surface area contributed by atoms with Crippen LogP contribution in [0.5, 0.6) is 0 Å². The van der Waals surface area contributed by atoms with Crippen molar-refractivity contribution in [3.05, 3.63) is 24.0 Å². The summed E-state index contributed by atoms with van der Waals surface area (Å²) in [6.45, 7) is 5.36. The molecule has 2 heterocycles. The van der Waals surface area contributed by atoms with E-state index < -0.39 is 0 Å². The first-order valence-corrected chi connectivity index (χ1v) is 5.79. The molecular weight excluding hydrogens is 218 g/mol. The van der Waals surface area contributed by atoms with Crippen LogP contribution in [0.2, 0.25) is 0 Å². The monoisotopic (exact) mass is 235 g/mol. The van der Waals surface area contributed by atoms with Crippen molar-refractivity contribution >= 4 is 11.8 Å². The van der Waals surface area contributed by atoms with Gasteiger partial charge in [-0.05, 0) is 19.1 Å². The third kappa shape index (κ3) is 2.33. The third-order valence-corrected chi connectivity index (χ3v) is 3.16. The highest BCUT2D eigenvalue weighted by Gasteiger charge is 2.29. The predicted molar refractivity (Wildman–Crippen MR) is 63.5 cm³/mol. The molecule has 2 amide bonds. The summed E-state index contributed by atoms with van der Waals surface area (Å²) in [7, 11) is 0. The second-order valence-electron chi connectivity index (χ2n) is 4.40. The van der Waals surface area contributed by atoms with Crippen molar-refractivity contribution in [3.63, 3.8) is 0 Å². The SMILES string of the molecule is CC(=O)N1CCN(C(=O)c2ccc[nH]2)C(C)C1. The number of hydrogen-bond donors (Lipinski definition) is 1. The van der Waals surface area contributed by atoms with Crippen molar-refractivity contribution in [3.8, 4) is 0 Å². The van der Waals surface area contributed by atoms with Gasteiger partial charge >= 0.3 is 0 Å². The summed E-state index contributed by atoms with van der Waals surface area (Å²) < 4.78 is 0. The molecule has 1 saturated heterocycles. The average Bonchev–Trinajstić information content (AvgIpc) is 2.81. The average molecular weight is 235 g/mol. The van der Waals surface area contributed by atoms with E-state index in [-0.39, 0.29) is 17.9 Å². The molecule has 0 saturated carbocycles. The minimum absolute atomic E-state index is 0.00528. The lowest BCUT2D eigenvalue weighted by molar-refractivity contribution is -0.131. The number of H-pyrrole nitrogens is 1. The summed E-state index contributed by atoms with van der Waals surface area (Å²) in [6.07, 6.45) is 1.74. The maximum atomic E-state index is 12.1. The van der Waals surface area contributed by atoms with Gasteiger partial charge in [-0.3, -0.25) is 9.59 Å². The Kier molecular flexibility index (Phi) is 3.17. The van der Waals surface area contributed by atoms with Gasteiger partial charge in [0.25, 0.3) is 5.91 Å². The van der Waals surface area contributed by atoms with Crippen molar-refractivity contribution < 1.29 is 9.59 Å². The number of amides is 2. The van der Waals surface area contributed by atoms with E-state index in [1.54, 1.807) is 24.1 Å². The fraction of sp³-hybridized carbons (Fsp3) is 0.500. The van der Waals surface area contributed by atoms with Gasteiger partial charge in [0.1, 0.15) is 5.69 Å². The Balaban J connectivity index is 2.05. The van der Waals surface area contributed by atoms with E-state index >= 15 is 0 Å². The lowest BCUT2D eigenvalue weighted by Gasteiger charge is -2.39. The molecule has 92 valence electrons. The van der Waals surface area contributed by atoms with E-state index in [1.165, 1.54) is 0 Å². The number of aromatic amines is 1. The van der Waals surface area contributed by atoms with Crippen LogP contribution in [0, 0.1) is 0 Å². The minimum atomic E-state index is 0.00528. The molecule has 1 aromatic rings. The molecule has 0 aromatic carbocycles. The van der Waals surface area contributed by atoms with Crippen molar-refractivity contribution in [2.45, 2.75) is 19.9 Å². The molecule has 1 atom stereocenters. The van der Waals surface area contributed by atoms with Crippen LogP contribution >= 0.6 is 0 Å². The summed E-state index contributed by atoms with van der Waals surface area (Å²) in [5, 5.41) is 0. The zero-order valence-electron chi connectivity index (χ0n) is 10.1. The predicted octanol–water partition coefficient (Wildman–Crippen LogP) is 0.708. The molecule has 1 aromatic heterocycles. The van der Waals surface area contributed by atoms with Gasteiger partial charge in [-0.1, -0.05) is 0 Å². The van der Waals surface area contributed by atoms with Crippen molar-refractivity contribution in [1.82, 2.24) is 14.8 Å². The molecule has 0 radical (unpaired) electrons. The Bertz CT molecular complexity index is 413. The maximum absolute atomic E-state index is 12.1. The first kappa shape index (κ1) is 11.7. The van der Waals surface area contributed by atoms with Gasteiger partial charge in [-0.25, -0.2) is 0 Å². The van der Waals surface area contributed by atoms with E-state index in [1.807, 2.05) is 17.9 Å². The van der Waals surface area contributed by atoms with E-state index in [4.69, 9.17) is 0 Å². The molecule has 2 rings (SSSR count). The number of nitrogens with zero attached hydrogens (tertiary/aromatic N) is 2. The zero-order valence-corrected chi connectivity index (χ0v) is 10.1. The van der Waals surface area contributed by atoms with Crippen LogP contribution in [0.4, 0.5) is 0 Å². The van der Waals surface area contributed by atoms with E-state index in [0.29, 0.717) is 25.3 Å². The number of aromatic nitrogens is 1. The Morgan fingerprint density at radius 1 is 1.41 bits per heavy atom. The van der Waals surface area contributed by atoms with Crippen LogP contribution in [0.25, 0.3) is 0 Å². The second-order valence-corrected chi connectivity index (χ2v) is 4.40. The molecule has 5 nitrogen and oxygen atoms in total. The molecule has 1 aliphatic heterocycles. The lowest BCUT2D eigenvalue weighted by atomic mass is 10.1. The van der Waals surface area contributed by atoms with Crippen molar-refractivity contribution in [2.75, 3.05) is 19.6 Å². The van der Waals surface area contributed by atoms with Crippen LogP contribution < -0.4 is 0 Å². The molecule has 5 heteroatoms. The van der Waals surface area contributed by atoms with Crippen molar-refractivity contribution in [1.29, 1.82) is 0 Å². The zero-order chi connectivity index (χ0) is 12.4. The number of nitrogens with one attached hydrogen (secondary N) is 1. The van der Waals surface area contributed by atoms with Crippen LogP contribution in [-0.4, -0.2) is 52.3 Å². The summed E-state index contributed by atoms with van der Waals surface area (Å²) in [6, 6.07) is 3.64. The normalized spacial score (nSPS) is 20.5. The van der Waals surface area contributed by atoms with Gasteiger partial charge in [0.15, 0.2) is 0 Å². The van der Waals surface area contributed by atoms with Crippen LogP contribution in [-0.2, 0) is 4.79 Å². The Morgan fingerprint density at radius 3 is 2.71 bits per heavy atom. The summed E-state index contributed by atoms with van der Waals surface area (Å²) in [5.41, 5.74) is 0.605. The number of carbonyl (C=O) groups excluding carboxylic acids is 2. The van der Waals surface area contributed by atoms with Crippen molar-refractivity contribution in [2.24, 2.45) is 0 Å². The van der Waals surface area contributed by atoms with E-state index in [2.05, 4.69) is 4.98 Å². The third-order valence-electron chi connectivity index (χ3n) is 3.16. The van der Waals surface area contributed by atoms with Gasteiger partial charge in [0.2, 0.25) is 5.91 Å². The molecule has 17 heavy (non-hydrogen) atoms. The van der Waals surface area contributed by atoms with Gasteiger partial charge in [-0.15, -0.1) is 0 Å². The standard InChI is InChI=1S/C12H17N3O2/c1-9-8-14(10(2)16)6-7-15(9)12(17)11-4-3-5-13-11/h3-5,9,13H,6-8H2,1-2H3. The minimum Gasteiger partial charge on any atom is -0.357 e. The largest absolute Gasteiger partial charge is 0.357 e. The molecule has 1 unspecified atom stereocenters. The summed E-state index contributed by atoms with van der Waals surface area (Å²) >= 11 is 0. The fourth-order valence-corrected chi connectivity index (χ4v) is 2.16. The van der Waals surface area contributed by atoms with Crippen LogP contribution in [0.3, 0.4) is 0 Å². The highest BCUT2D eigenvalue weighted by atomic mass is 16.2. The van der Waals surface area contributed by atoms with Crippen LogP contribution in [0.15, 0.2) is 18.3 Å². The molecule has 0 spiro atoms. The molecule has 0 aliphatic carbocycles. The molecule has 1 N–H and O–H groups in total. The van der Waals surface area contributed by atoms with Crippen LogP contribution in [0.1, 0.15) is 24.3 Å². The number of piperazine rings is 1. The molecule has 1 aliphatic rings. The highest BCUT2D eigenvalue weighted by molar-refractivity contribution is 5.92. The number of carbonyl (C=O) groups is 2. The topological polar surface area (TPSA) is 56.4 Å². The summed E-state index contributed by atoms with van der Waals surface area (Å²) in [4.78, 5) is 29.9. The van der Waals surface area contributed by atoms with Gasteiger partial charge in [-0.2, -0.15) is 0 Å². The number of hydrogen-bond acceptors (Lipinski definition) is 2. The van der Waals surface area contributed by atoms with Gasteiger partial charge in [0.05, 0.1) is 0 Å². The van der Waals surface area contributed by atoms with E-state index in [0.717, 1.165) is 0 Å².